The number of amides is 1. The van der Waals surface area contributed by atoms with Gasteiger partial charge >= 0.3 is 0 Å². The third-order valence-corrected chi connectivity index (χ3v) is 4.20. The van der Waals surface area contributed by atoms with Gasteiger partial charge in [-0.1, -0.05) is 40.9 Å². The van der Waals surface area contributed by atoms with Crippen molar-refractivity contribution < 1.29 is 4.79 Å². The molecule has 2 aromatic carbocycles. The first-order chi connectivity index (χ1) is 10.0. The van der Waals surface area contributed by atoms with Crippen LogP contribution in [-0.4, -0.2) is 5.91 Å². The number of halogens is 2. The predicted octanol–water partition coefficient (Wildman–Crippen LogP) is 5.04. The van der Waals surface area contributed by atoms with Crippen molar-refractivity contribution in [3.05, 3.63) is 63.6 Å². The molecular formula is C17H15Cl2NO. The SMILES string of the molecule is Cc1ccc(NC(=O)[C@@H]2C[C@@H]2c2cc(Cl)cc(Cl)c2)cc1. The Labute approximate surface area is 134 Å². The third-order valence-electron chi connectivity index (χ3n) is 3.76. The molecular weight excluding hydrogens is 305 g/mol. The number of hydrogen-bond acceptors (Lipinski definition) is 1. The van der Waals surface area contributed by atoms with E-state index in [2.05, 4.69) is 5.32 Å². The number of carbonyl (C=O) groups is 1. The summed E-state index contributed by atoms with van der Waals surface area (Å²) in [6.45, 7) is 2.02. The van der Waals surface area contributed by atoms with E-state index in [1.807, 2.05) is 43.3 Å². The van der Waals surface area contributed by atoms with Crippen LogP contribution in [0.4, 0.5) is 5.69 Å². The van der Waals surface area contributed by atoms with Crippen LogP contribution in [0.5, 0.6) is 0 Å². The summed E-state index contributed by atoms with van der Waals surface area (Å²) in [5.74, 6) is 0.271. The zero-order valence-electron chi connectivity index (χ0n) is 11.6. The molecule has 0 unspecified atom stereocenters. The fraction of sp³-hybridized carbons (Fsp3) is 0.235. The highest BCUT2D eigenvalue weighted by atomic mass is 35.5. The van der Waals surface area contributed by atoms with Crippen LogP contribution in [0.2, 0.25) is 10.0 Å². The van der Waals surface area contributed by atoms with Gasteiger partial charge < -0.3 is 5.32 Å². The maximum Gasteiger partial charge on any atom is 0.228 e. The molecule has 4 heteroatoms. The Morgan fingerprint density at radius 3 is 2.33 bits per heavy atom. The summed E-state index contributed by atoms with van der Waals surface area (Å²) in [7, 11) is 0. The van der Waals surface area contributed by atoms with Gasteiger partial charge in [0.05, 0.1) is 0 Å². The van der Waals surface area contributed by atoms with Crippen molar-refractivity contribution in [2.75, 3.05) is 5.32 Å². The van der Waals surface area contributed by atoms with E-state index < -0.39 is 0 Å². The Kier molecular flexibility index (Phi) is 3.92. The summed E-state index contributed by atoms with van der Waals surface area (Å²) in [4.78, 5) is 12.2. The second-order valence-electron chi connectivity index (χ2n) is 5.51. The molecule has 2 atom stereocenters. The second-order valence-corrected chi connectivity index (χ2v) is 6.38. The van der Waals surface area contributed by atoms with Crippen molar-refractivity contribution in [3.63, 3.8) is 0 Å². The number of rotatable bonds is 3. The minimum atomic E-state index is 0.000774. The molecule has 1 fully saturated rings. The maximum absolute atomic E-state index is 12.2. The van der Waals surface area contributed by atoms with Crippen molar-refractivity contribution in [1.82, 2.24) is 0 Å². The standard InChI is InChI=1S/C17H15Cl2NO/c1-10-2-4-14(5-3-10)20-17(21)16-9-15(16)11-6-12(18)8-13(19)7-11/h2-8,15-16H,9H2,1H3,(H,20,21)/t15-,16-/m1/s1. The van der Waals surface area contributed by atoms with E-state index >= 15 is 0 Å². The topological polar surface area (TPSA) is 29.1 Å². The number of nitrogens with one attached hydrogen (secondary N) is 1. The monoisotopic (exact) mass is 319 g/mol. The molecule has 21 heavy (non-hydrogen) atoms. The molecule has 0 heterocycles. The zero-order valence-corrected chi connectivity index (χ0v) is 13.1. The smallest absolute Gasteiger partial charge is 0.228 e. The van der Waals surface area contributed by atoms with E-state index in [1.165, 1.54) is 5.56 Å². The van der Waals surface area contributed by atoms with Crippen LogP contribution in [0.3, 0.4) is 0 Å². The molecule has 1 amide bonds. The number of carbonyl (C=O) groups excluding carboxylic acids is 1. The molecule has 3 rings (SSSR count). The molecule has 2 nitrogen and oxygen atoms in total. The lowest BCUT2D eigenvalue weighted by atomic mass is 10.1. The number of hydrogen-bond donors (Lipinski definition) is 1. The average molecular weight is 320 g/mol. The van der Waals surface area contributed by atoms with Gasteiger partial charge in [-0.05, 0) is 55.2 Å². The summed E-state index contributed by atoms with van der Waals surface area (Å²) in [6, 6.07) is 13.3. The van der Waals surface area contributed by atoms with E-state index in [0.717, 1.165) is 17.7 Å². The molecule has 1 aliphatic carbocycles. The Hall–Kier alpha value is -1.51. The highest BCUT2D eigenvalue weighted by molar-refractivity contribution is 6.34. The fourth-order valence-electron chi connectivity index (χ4n) is 2.51. The van der Waals surface area contributed by atoms with Crippen molar-refractivity contribution in [3.8, 4) is 0 Å². The molecule has 0 aliphatic heterocycles. The van der Waals surface area contributed by atoms with Crippen LogP contribution >= 0.6 is 23.2 Å². The quantitative estimate of drug-likeness (QED) is 0.843. The summed E-state index contributed by atoms with van der Waals surface area (Å²) in [6.07, 6.45) is 0.842. The molecule has 0 saturated heterocycles. The third kappa shape index (κ3) is 3.39. The summed E-state index contributed by atoms with van der Waals surface area (Å²) < 4.78 is 0. The van der Waals surface area contributed by atoms with Crippen molar-refractivity contribution >= 4 is 34.8 Å². The molecule has 0 aromatic heterocycles. The van der Waals surface area contributed by atoms with Crippen LogP contribution < -0.4 is 5.32 Å². The first-order valence-corrected chi connectivity index (χ1v) is 7.62. The van der Waals surface area contributed by atoms with Gasteiger partial charge in [-0.25, -0.2) is 0 Å². The highest BCUT2D eigenvalue weighted by Gasteiger charge is 2.44. The van der Waals surface area contributed by atoms with Crippen LogP contribution in [0, 0.1) is 12.8 Å². The molecule has 1 N–H and O–H groups in total. The molecule has 0 radical (unpaired) electrons. The van der Waals surface area contributed by atoms with E-state index in [0.29, 0.717) is 10.0 Å². The zero-order chi connectivity index (χ0) is 15.0. The lowest BCUT2D eigenvalue weighted by Crippen LogP contribution is -2.14. The molecule has 1 aliphatic rings. The summed E-state index contributed by atoms with van der Waals surface area (Å²) in [5.41, 5.74) is 3.04. The lowest BCUT2D eigenvalue weighted by Gasteiger charge is -2.06. The maximum atomic E-state index is 12.2. The summed E-state index contributed by atoms with van der Waals surface area (Å²) >= 11 is 12.0. The number of aryl methyl sites for hydroxylation is 1. The molecule has 108 valence electrons. The van der Waals surface area contributed by atoms with Gasteiger partial charge in [-0.15, -0.1) is 0 Å². The van der Waals surface area contributed by atoms with Crippen molar-refractivity contribution in [2.45, 2.75) is 19.3 Å². The number of anilines is 1. The van der Waals surface area contributed by atoms with Crippen molar-refractivity contribution in [2.24, 2.45) is 5.92 Å². The van der Waals surface area contributed by atoms with Crippen LogP contribution in [-0.2, 0) is 4.79 Å². The van der Waals surface area contributed by atoms with E-state index in [4.69, 9.17) is 23.2 Å². The van der Waals surface area contributed by atoms with E-state index in [9.17, 15) is 4.79 Å². The van der Waals surface area contributed by atoms with E-state index in [-0.39, 0.29) is 17.7 Å². The van der Waals surface area contributed by atoms with E-state index in [1.54, 1.807) is 6.07 Å². The lowest BCUT2D eigenvalue weighted by molar-refractivity contribution is -0.117. The summed E-state index contributed by atoms with van der Waals surface area (Å²) in [5, 5.41) is 4.18. The molecule has 0 spiro atoms. The van der Waals surface area contributed by atoms with Gasteiger partial charge in [0.15, 0.2) is 0 Å². The predicted molar refractivity (Wildman–Crippen MR) is 87.1 cm³/mol. The minimum Gasteiger partial charge on any atom is -0.326 e. The Morgan fingerprint density at radius 1 is 1.10 bits per heavy atom. The van der Waals surface area contributed by atoms with Gasteiger partial charge in [0.25, 0.3) is 0 Å². The van der Waals surface area contributed by atoms with Crippen LogP contribution in [0.25, 0.3) is 0 Å². The van der Waals surface area contributed by atoms with Gasteiger partial charge in [0.2, 0.25) is 5.91 Å². The molecule has 2 aromatic rings. The fourth-order valence-corrected chi connectivity index (χ4v) is 3.06. The van der Waals surface area contributed by atoms with Gasteiger partial charge in [-0.3, -0.25) is 4.79 Å². The van der Waals surface area contributed by atoms with Gasteiger partial charge in [-0.2, -0.15) is 0 Å². The Bertz CT molecular complexity index is 661. The molecule has 1 saturated carbocycles. The largest absolute Gasteiger partial charge is 0.326 e. The Balaban J connectivity index is 1.67. The molecule has 0 bridgehead atoms. The first kappa shape index (κ1) is 14.4. The van der Waals surface area contributed by atoms with Crippen molar-refractivity contribution in [1.29, 1.82) is 0 Å². The van der Waals surface area contributed by atoms with Gasteiger partial charge in [0, 0.05) is 21.7 Å². The highest BCUT2D eigenvalue weighted by Crippen LogP contribution is 2.49. The Morgan fingerprint density at radius 2 is 1.71 bits per heavy atom. The number of benzene rings is 2. The normalized spacial score (nSPS) is 20.1. The first-order valence-electron chi connectivity index (χ1n) is 6.86. The average Bonchev–Trinajstić information content (AvgIpc) is 3.20. The van der Waals surface area contributed by atoms with Crippen LogP contribution in [0.1, 0.15) is 23.5 Å². The van der Waals surface area contributed by atoms with Gasteiger partial charge in [0.1, 0.15) is 0 Å². The minimum absolute atomic E-state index is 0.000774. The second kappa shape index (κ2) is 5.70. The van der Waals surface area contributed by atoms with Crippen LogP contribution in [0.15, 0.2) is 42.5 Å².